The lowest BCUT2D eigenvalue weighted by molar-refractivity contribution is 0.229. The quantitative estimate of drug-likeness (QED) is 0.885. The number of hydrogen-bond acceptors (Lipinski definition) is 2. The number of rotatable bonds is 4. The average molecular weight is 261 g/mol. The monoisotopic (exact) mass is 261 g/mol. The summed E-state index contributed by atoms with van der Waals surface area (Å²) in [6.07, 6.45) is 15.1. The van der Waals surface area contributed by atoms with Gasteiger partial charge in [0.1, 0.15) is 0 Å². The van der Waals surface area contributed by atoms with Gasteiger partial charge in [-0.3, -0.25) is 0 Å². The molecule has 1 N–H and O–H groups in total. The van der Waals surface area contributed by atoms with Gasteiger partial charge in [0.25, 0.3) is 0 Å². The highest BCUT2D eigenvalue weighted by atomic mass is 15.2. The lowest BCUT2D eigenvalue weighted by Crippen LogP contribution is -2.24. The Kier molecular flexibility index (Phi) is 4.09. The van der Waals surface area contributed by atoms with Crippen LogP contribution in [0.1, 0.15) is 58.3 Å². The molecule has 0 spiro atoms. The predicted molar refractivity (Wildman–Crippen MR) is 79.2 cm³/mol. The van der Waals surface area contributed by atoms with Gasteiger partial charge in [0.05, 0.1) is 0 Å². The summed E-state index contributed by atoms with van der Waals surface area (Å²) in [6, 6.07) is 0.657. The van der Waals surface area contributed by atoms with Crippen LogP contribution < -0.4 is 5.32 Å². The average Bonchev–Trinajstić information content (AvgIpc) is 3.06. The maximum Gasteiger partial charge on any atom is 0.202 e. The molecule has 1 heterocycles. The van der Waals surface area contributed by atoms with Crippen LogP contribution in [0.15, 0.2) is 12.4 Å². The van der Waals surface area contributed by atoms with Gasteiger partial charge in [0.15, 0.2) is 0 Å². The van der Waals surface area contributed by atoms with Crippen LogP contribution >= 0.6 is 0 Å². The van der Waals surface area contributed by atoms with E-state index in [1.807, 2.05) is 6.20 Å². The second-order valence-corrected chi connectivity index (χ2v) is 6.55. The van der Waals surface area contributed by atoms with Gasteiger partial charge in [-0.1, -0.05) is 39.0 Å². The van der Waals surface area contributed by atoms with Gasteiger partial charge in [0.2, 0.25) is 5.95 Å². The van der Waals surface area contributed by atoms with Gasteiger partial charge in [-0.15, -0.1) is 0 Å². The van der Waals surface area contributed by atoms with E-state index in [-0.39, 0.29) is 0 Å². The first-order valence-electron chi connectivity index (χ1n) is 8.10. The highest BCUT2D eigenvalue weighted by molar-refractivity contribution is 5.28. The molecule has 0 saturated heterocycles. The third-order valence-electron chi connectivity index (χ3n) is 5.12. The van der Waals surface area contributed by atoms with E-state index < -0.39 is 0 Å². The summed E-state index contributed by atoms with van der Waals surface area (Å²) >= 11 is 0. The zero-order valence-electron chi connectivity index (χ0n) is 12.1. The zero-order chi connectivity index (χ0) is 13.1. The summed E-state index contributed by atoms with van der Waals surface area (Å²) in [5, 5.41) is 3.65. The smallest absolute Gasteiger partial charge is 0.202 e. The number of imidazole rings is 1. The van der Waals surface area contributed by atoms with E-state index in [1.165, 1.54) is 51.4 Å². The van der Waals surface area contributed by atoms with Crippen molar-refractivity contribution in [3.63, 3.8) is 0 Å². The second-order valence-electron chi connectivity index (χ2n) is 6.55. The van der Waals surface area contributed by atoms with Crippen LogP contribution in [0.5, 0.6) is 0 Å². The minimum Gasteiger partial charge on any atom is -0.353 e. The van der Waals surface area contributed by atoms with E-state index in [1.54, 1.807) is 0 Å². The lowest BCUT2D eigenvalue weighted by atomic mass is 9.80. The normalized spacial score (nSPS) is 28.7. The molecule has 2 fully saturated rings. The van der Waals surface area contributed by atoms with Crippen LogP contribution in [0.4, 0.5) is 5.95 Å². The fourth-order valence-corrected chi connectivity index (χ4v) is 3.77. The Bertz CT molecular complexity index is 392. The van der Waals surface area contributed by atoms with Gasteiger partial charge in [-0.05, 0) is 31.1 Å². The summed E-state index contributed by atoms with van der Waals surface area (Å²) in [5.41, 5.74) is 0. The van der Waals surface area contributed by atoms with Crippen molar-refractivity contribution in [1.29, 1.82) is 0 Å². The van der Waals surface area contributed by atoms with Gasteiger partial charge >= 0.3 is 0 Å². The first kappa shape index (κ1) is 13.0. The third-order valence-corrected chi connectivity index (χ3v) is 5.12. The maximum atomic E-state index is 4.52. The van der Waals surface area contributed by atoms with Crippen LogP contribution in [0, 0.1) is 11.8 Å². The van der Waals surface area contributed by atoms with E-state index in [0.29, 0.717) is 6.04 Å². The summed E-state index contributed by atoms with van der Waals surface area (Å²) in [5.74, 6) is 2.81. The van der Waals surface area contributed by atoms with Crippen molar-refractivity contribution in [3.05, 3.63) is 12.4 Å². The molecule has 2 aliphatic rings. The summed E-state index contributed by atoms with van der Waals surface area (Å²) in [4.78, 5) is 4.52. The minimum atomic E-state index is 0.657. The molecule has 2 unspecified atom stereocenters. The molecule has 2 atom stereocenters. The van der Waals surface area contributed by atoms with Crippen molar-refractivity contribution in [2.24, 2.45) is 11.8 Å². The topological polar surface area (TPSA) is 29.9 Å². The van der Waals surface area contributed by atoms with Gasteiger partial charge < -0.3 is 9.88 Å². The van der Waals surface area contributed by atoms with Crippen LogP contribution in [0.2, 0.25) is 0 Å². The van der Waals surface area contributed by atoms with Crippen LogP contribution in [0.3, 0.4) is 0 Å². The van der Waals surface area contributed by atoms with Crippen molar-refractivity contribution in [1.82, 2.24) is 9.55 Å². The molecular formula is C16H27N3. The van der Waals surface area contributed by atoms with Crippen molar-refractivity contribution in [3.8, 4) is 0 Å². The molecule has 1 aromatic heterocycles. The number of nitrogens with zero attached hydrogens (tertiary/aromatic N) is 2. The standard InChI is InChI=1S/C16H27N3/c1-13-6-2-3-7-14(13)12-19-11-10-17-16(19)18-15-8-4-5-9-15/h10-11,13-15H,2-9,12H2,1H3,(H,17,18). The molecule has 3 rings (SSSR count). The fraction of sp³-hybridized carbons (Fsp3) is 0.812. The van der Waals surface area contributed by atoms with Gasteiger partial charge in [-0.25, -0.2) is 4.98 Å². The van der Waals surface area contributed by atoms with Crippen LogP contribution in [0.25, 0.3) is 0 Å². The molecule has 2 saturated carbocycles. The van der Waals surface area contributed by atoms with E-state index in [0.717, 1.165) is 24.3 Å². The Labute approximate surface area is 116 Å². The molecule has 1 aromatic rings. The van der Waals surface area contributed by atoms with Crippen molar-refractivity contribution in [2.75, 3.05) is 5.32 Å². The minimum absolute atomic E-state index is 0.657. The van der Waals surface area contributed by atoms with Gasteiger partial charge in [-0.2, -0.15) is 0 Å². The maximum absolute atomic E-state index is 4.52. The number of aromatic nitrogens is 2. The Balaban J connectivity index is 1.62. The summed E-state index contributed by atoms with van der Waals surface area (Å²) < 4.78 is 2.35. The first-order valence-corrected chi connectivity index (χ1v) is 8.10. The van der Waals surface area contributed by atoms with Crippen molar-refractivity contribution in [2.45, 2.75) is 70.9 Å². The molecule has 0 aliphatic heterocycles. The Morgan fingerprint density at radius 2 is 1.89 bits per heavy atom. The number of anilines is 1. The largest absolute Gasteiger partial charge is 0.353 e. The number of nitrogens with one attached hydrogen (secondary N) is 1. The second kappa shape index (κ2) is 5.98. The molecular weight excluding hydrogens is 234 g/mol. The molecule has 2 aliphatic carbocycles. The van der Waals surface area contributed by atoms with E-state index in [4.69, 9.17) is 0 Å². The molecule has 106 valence electrons. The Morgan fingerprint density at radius 3 is 2.68 bits per heavy atom. The van der Waals surface area contributed by atoms with Crippen molar-refractivity contribution >= 4 is 5.95 Å². The first-order chi connectivity index (χ1) is 9.33. The van der Waals surface area contributed by atoms with Crippen molar-refractivity contribution < 1.29 is 0 Å². The molecule has 0 aromatic carbocycles. The lowest BCUT2D eigenvalue weighted by Gasteiger charge is -2.29. The van der Waals surface area contributed by atoms with Crippen LogP contribution in [-0.4, -0.2) is 15.6 Å². The fourth-order valence-electron chi connectivity index (χ4n) is 3.77. The highest BCUT2D eigenvalue weighted by Gasteiger charge is 2.23. The summed E-state index contributed by atoms with van der Waals surface area (Å²) in [6.45, 7) is 3.57. The summed E-state index contributed by atoms with van der Waals surface area (Å²) in [7, 11) is 0. The molecule has 0 bridgehead atoms. The molecule has 19 heavy (non-hydrogen) atoms. The van der Waals surface area contributed by atoms with Gasteiger partial charge in [0, 0.05) is 25.0 Å². The Morgan fingerprint density at radius 1 is 1.16 bits per heavy atom. The molecule has 0 radical (unpaired) electrons. The highest BCUT2D eigenvalue weighted by Crippen LogP contribution is 2.31. The molecule has 0 amide bonds. The zero-order valence-corrected chi connectivity index (χ0v) is 12.1. The van der Waals surface area contributed by atoms with E-state index in [9.17, 15) is 0 Å². The molecule has 3 nitrogen and oxygen atoms in total. The predicted octanol–water partition coefficient (Wildman–Crippen LogP) is 4.06. The number of hydrogen-bond donors (Lipinski definition) is 1. The third kappa shape index (κ3) is 3.13. The van der Waals surface area contributed by atoms with E-state index >= 15 is 0 Å². The SMILES string of the molecule is CC1CCCCC1Cn1ccnc1NC1CCCC1. The van der Waals surface area contributed by atoms with Crippen LogP contribution in [-0.2, 0) is 6.54 Å². The van der Waals surface area contributed by atoms with E-state index in [2.05, 4.69) is 28.0 Å². The Hall–Kier alpha value is -0.990. The molecule has 3 heteroatoms.